The number of ether oxygens (including phenoxy) is 1. The summed E-state index contributed by atoms with van der Waals surface area (Å²) in [6, 6.07) is 7.13. The van der Waals surface area contributed by atoms with Crippen molar-refractivity contribution in [1.29, 1.82) is 0 Å². The van der Waals surface area contributed by atoms with Gasteiger partial charge >= 0.3 is 5.97 Å². The van der Waals surface area contributed by atoms with Crippen molar-refractivity contribution in [2.24, 2.45) is 0 Å². The Morgan fingerprint density at radius 2 is 1.89 bits per heavy atom. The van der Waals surface area contributed by atoms with E-state index in [0.717, 1.165) is 6.54 Å². The molecule has 1 aromatic carbocycles. The molecule has 0 bridgehead atoms. The Morgan fingerprint density at radius 1 is 1.33 bits per heavy atom. The van der Waals surface area contributed by atoms with Crippen LogP contribution in [0.25, 0.3) is 0 Å². The first-order chi connectivity index (χ1) is 8.00. The number of likely N-dealkylation sites (N-methyl/N-ethyl adjacent to an activating group) is 1. The van der Waals surface area contributed by atoms with E-state index in [-0.39, 0.29) is 18.4 Å². The van der Waals surface area contributed by atoms with E-state index in [0.29, 0.717) is 23.2 Å². The lowest BCUT2D eigenvalue weighted by atomic mass is 10.2. The maximum absolute atomic E-state index is 11.6. The maximum atomic E-state index is 11.6. The molecular weight excluding hydrogens is 273 g/mol. The van der Waals surface area contributed by atoms with Gasteiger partial charge in [-0.25, -0.2) is 4.79 Å². The first-order valence-corrected chi connectivity index (χ1v) is 6.01. The van der Waals surface area contributed by atoms with E-state index in [1.54, 1.807) is 24.3 Å². The van der Waals surface area contributed by atoms with E-state index in [1.807, 2.05) is 7.05 Å². The molecule has 5 heteroatoms. The lowest BCUT2D eigenvalue weighted by Crippen LogP contribution is -2.30. The summed E-state index contributed by atoms with van der Waals surface area (Å²) in [7, 11) is 2.00. The topological polar surface area (TPSA) is 29.5 Å². The van der Waals surface area contributed by atoms with Gasteiger partial charge < -0.3 is 9.64 Å². The number of esters is 1. The van der Waals surface area contributed by atoms with Gasteiger partial charge in [0.05, 0.1) is 5.56 Å². The maximum Gasteiger partial charge on any atom is 0.338 e. The third-order valence-corrected chi connectivity index (χ3v) is 2.89. The molecule has 0 radical (unpaired) electrons. The second-order valence-electron chi connectivity index (χ2n) is 4.22. The normalized spacial score (nSPS) is 10.3. The van der Waals surface area contributed by atoms with Crippen molar-refractivity contribution in [2.45, 2.75) is 19.9 Å². The average Bonchev–Trinajstić information content (AvgIpc) is 2.29. The van der Waals surface area contributed by atoms with Crippen LogP contribution >= 0.6 is 24.0 Å². The molecule has 0 aliphatic rings. The molecule has 3 nitrogen and oxygen atoms in total. The molecule has 0 spiro atoms. The van der Waals surface area contributed by atoms with Crippen molar-refractivity contribution < 1.29 is 9.53 Å². The highest BCUT2D eigenvalue weighted by molar-refractivity contribution is 6.30. The summed E-state index contributed by atoms with van der Waals surface area (Å²) in [5.41, 5.74) is 0.529. The quantitative estimate of drug-likeness (QED) is 0.780. The van der Waals surface area contributed by atoms with Crippen LogP contribution in [-0.2, 0) is 4.74 Å². The van der Waals surface area contributed by atoms with Crippen LogP contribution in [0, 0.1) is 0 Å². The zero-order valence-electron chi connectivity index (χ0n) is 10.9. The molecular formula is C13H19Cl2NO2. The van der Waals surface area contributed by atoms with Crippen LogP contribution in [0.4, 0.5) is 0 Å². The van der Waals surface area contributed by atoms with Gasteiger partial charge in [-0.15, -0.1) is 12.4 Å². The molecule has 0 saturated heterocycles. The lowest BCUT2D eigenvalue weighted by Gasteiger charge is -2.20. The van der Waals surface area contributed by atoms with Gasteiger partial charge in [0.2, 0.25) is 0 Å². The van der Waals surface area contributed by atoms with Crippen LogP contribution in [0.3, 0.4) is 0 Å². The van der Waals surface area contributed by atoms with Crippen LogP contribution in [0.2, 0.25) is 5.02 Å². The van der Waals surface area contributed by atoms with Crippen molar-refractivity contribution in [2.75, 3.05) is 20.2 Å². The fraction of sp³-hybridized carbons (Fsp3) is 0.462. The summed E-state index contributed by atoms with van der Waals surface area (Å²) in [5.74, 6) is -0.307. The molecule has 0 unspecified atom stereocenters. The van der Waals surface area contributed by atoms with Crippen molar-refractivity contribution >= 4 is 30.0 Å². The van der Waals surface area contributed by atoms with E-state index in [4.69, 9.17) is 16.3 Å². The summed E-state index contributed by atoms with van der Waals surface area (Å²) in [4.78, 5) is 13.7. The first kappa shape index (κ1) is 17.2. The fourth-order valence-corrected chi connectivity index (χ4v) is 1.34. The summed E-state index contributed by atoms with van der Waals surface area (Å²) in [6.45, 7) is 5.33. The van der Waals surface area contributed by atoms with E-state index in [9.17, 15) is 4.79 Å². The molecule has 0 fully saturated rings. The predicted octanol–water partition coefficient (Wildman–Crippen LogP) is 3.26. The van der Waals surface area contributed by atoms with Crippen molar-refractivity contribution in [3.8, 4) is 0 Å². The summed E-state index contributed by atoms with van der Waals surface area (Å²) < 4.78 is 5.17. The van der Waals surface area contributed by atoms with Gasteiger partial charge in [-0.05, 0) is 45.2 Å². The Labute approximate surface area is 119 Å². The van der Waals surface area contributed by atoms with Gasteiger partial charge in [-0.3, -0.25) is 0 Å². The minimum atomic E-state index is -0.307. The molecule has 0 aliphatic heterocycles. The smallest absolute Gasteiger partial charge is 0.338 e. The molecule has 18 heavy (non-hydrogen) atoms. The number of carbonyl (C=O) groups is 1. The van der Waals surface area contributed by atoms with Crippen molar-refractivity contribution in [3.63, 3.8) is 0 Å². The van der Waals surface area contributed by atoms with Crippen LogP contribution in [0.5, 0.6) is 0 Å². The Kier molecular flexibility index (Phi) is 8.00. The summed E-state index contributed by atoms with van der Waals surface area (Å²) in [5, 5.41) is 0.612. The number of halogens is 2. The number of carbonyl (C=O) groups excluding carboxylic acids is 1. The molecule has 0 atom stereocenters. The third kappa shape index (κ3) is 5.71. The first-order valence-electron chi connectivity index (χ1n) is 5.63. The number of hydrogen-bond donors (Lipinski definition) is 0. The highest BCUT2D eigenvalue weighted by atomic mass is 35.5. The van der Waals surface area contributed by atoms with Crippen LogP contribution in [-0.4, -0.2) is 37.1 Å². The molecule has 0 amide bonds. The summed E-state index contributed by atoms with van der Waals surface area (Å²) in [6.07, 6.45) is 0. The Hall–Kier alpha value is -0.770. The molecule has 0 N–H and O–H groups in total. The second kappa shape index (κ2) is 8.35. The number of hydrogen-bond acceptors (Lipinski definition) is 3. The zero-order valence-corrected chi connectivity index (χ0v) is 12.4. The molecule has 0 saturated carbocycles. The molecule has 1 aromatic rings. The van der Waals surface area contributed by atoms with E-state index < -0.39 is 0 Å². The molecule has 0 heterocycles. The molecule has 0 aliphatic carbocycles. The molecule has 102 valence electrons. The van der Waals surface area contributed by atoms with Gasteiger partial charge in [0.25, 0.3) is 0 Å². The van der Waals surface area contributed by atoms with Crippen LogP contribution in [0.1, 0.15) is 24.2 Å². The third-order valence-electron chi connectivity index (χ3n) is 2.64. The zero-order chi connectivity index (χ0) is 12.8. The Morgan fingerprint density at radius 3 is 2.39 bits per heavy atom. The van der Waals surface area contributed by atoms with Crippen molar-refractivity contribution in [1.82, 2.24) is 4.90 Å². The number of nitrogens with zero attached hydrogens (tertiary/aromatic N) is 1. The SMILES string of the molecule is CC(C)N(C)CCOC(=O)c1ccc(Cl)cc1.Cl. The van der Waals surface area contributed by atoms with E-state index >= 15 is 0 Å². The summed E-state index contributed by atoms with van der Waals surface area (Å²) >= 11 is 5.74. The van der Waals surface area contributed by atoms with Gasteiger partial charge in [0.15, 0.2) is 0 Å². The van der Waals surface area contributed by atoms with Crippen LogP contribution in [0.15, 0.2) is 24.3 Å². The van der Waals surface area contributed by atoms with Crippen LogP contribution < -0.4 is 0 Å². The Bertz CT molecular complexity index is 366. The second-order valence-corrected chi connectivity index (χ2v) is 4.65. The minimum Gasteiger partial charge on any atom is -0.461 e. The van der Waals surface area contributed by atoms with E-state index in [2.05, 4.69) is 18.7 Å². The van der Waals surface area contributed by atoms with Gasteiger partial charge in [-0.1, -0.05) is 11.6 Å². The lowest BCUT2D eigenvalue weighted by molar-refractivity contribution is 0.0461. The van der Waals surface area contributed by atoms with Gasteiger partial charge in [0.1, 0.15) is 6.61 Å². The number of rotatable bonds is 5. The average molecular weight is 292 g/mol. The fourth-order valence-electron chi connectivity index (χ4n) is 1.21. The minimum absolute atomic E-state index is 0. The predicted molar refractivity (Wildman–Crippen MR) is 76.7 cm³/mol. The monoisotopic (exact) mass is 291 g/mol. The van der Waals surface area contributed by atoms with Gasteiger partial charge in [-0.2, -0.15) is 0 Å². The van der Waals surface area contributed by atoms with Gasteiger partial charge in [0, 0.05) is 17.6 Å². The van der Waals surface area contributed by atoms with E-state index in [1.165, 1.54) is 0 Å². The molecule has 1 rings (SSSR count). The Balaban J connectivity index is 0.00000289. The highest BCUT2D eigenvalue weighted by Crippen LogP contribution is 2.10. The largest absolute Gasteiger partial charge is 0.461 e. The molecule has 0 aromatic heterocycles. The van der Waals surface area contributed by atoms with Crippen molar-refractivity contribution in [3.05, 3.63) is 34.9 Å². The highest BCUT2D eigenvalue weighted by Gasteiger charge is 2.08. The number of benzene rings is 1. The standard InChI is InChI=1S/C13H18ClNO2.ClH/c1-10(2)15(3)8-9-17-13(16)11-4-6-12(14)7-5-11;/h4-7,10H,8-9H2,1-3H3;1H.